The lowest BCUT2D eigenvalue weighted by molar-refractivity contribution is -0.385. The third kappa shape index (κ3) is 3.20. The Morgan fingerprint density at radius 3 is 2.81 bits per heavy atom. The molecule has 0 atom stereocenters. The van der Waals surface area contributed by atoms with Gasteiger partial charge in [0, 0.05) is 6.07 Å². The number of benzene rings is 1. The fraction of sp³-hybridized carbons (Fsp3) is 0.455. The zero-order chi connectivity index (χ0) is 12.0. The lowest BCUT2D eigenvalue weighted by atomic mass is 10.1. The quantitative estimate of drug-likeness (QED) is 0.454. The summed E-state index contributed by atoms with van der Waals surface area (Å²) in [4.78, 5) is 10.4. The van der Waals surface area contributed by atoms with Crippen LogP contribution < -0.4 is 10.1 Å². The number of rotatable bonds is 6. The standard InChI is InChI=1S/C11H16N2O3/c1-3-12-7-6-9-4-5-11(16-2)10(8-9)13(14)15/h4-5,8,12H,3,6-7H2,1-2H3. The minimum absolute atomic E-state index is 0.0245. The van der Waals surface area contributed by atoms with Crippen LogP contribution in [0, 0.1) is 10.1 Å². The van der Waals surface area contributed by atoms with E-state index in [1.54, 1.807) is 12.1 Å². The highest BCUT2D eigenvalue weighted by atomic mass is 16.6. The van der Waals surface area contributed by atoms with E-state index in [4.69, 9.17) is 4.74 Å². The highest BCUT2D eigenvalue weighted by Gasteiger charge is 2.14. The summed E-state index contributed by atoms with van der Waals surface area (Å²) in [6.45, 7) is 3.74. The molecule has 16 heavy (non-hydrogen) atoms. The summed E-state index contributed by atoms with van der Waals surface area (Å²) in [7, 11) is 1.43. The van der Waals surface area contributed by atoms with Crippen LogP contribution in [0.1, 0.15) is 12.5 Å². The fourth-order valence-corrected chi connectivity index (χ4v) is 1.44. The number of hydrogen-bond donors (Lipinski definition) is 1. The summed E-state index contributed by atoms with van der Waals surface area (Å²) in [5.41, 5.74) is 0.963. The summed E-state index contributed by atoms with van der Waals surface area (Å²) in [5, 5.41) is 13.9. The molecule has 0 aromatic heterocycles. The van der Waals surface area contributed by atoms with Gasteiger partial charge in [0.1, 0.15) is 0 Å². The molecule has 0 spiro atoms. The molecule has 5 heteroatoms. The molecule has 0 unspecified atom stereocenters. The van der Waals surface area contributed by atoms with Crippen LogP contribution >= 0.6 is 0 Å². The summed E-state index contributed by atoms with van der Waals surface area (Å²) < 4.78 is 4.93. The van der Waals surface area contributed by atoms with Crippen LogP contribution in [0.4, 0.5) is 5.69 Å². The average Bonchev–Trinajstić information content (AvgIpc) is 2.29. The van der Waals surface area contributed by atoms with Crippen molar-refractivity contribution in [2.45, 2.75) is 13.3 Å². The first-order chi connectivity index (χ1) is 7.69. The molecule has 0 heterocycles. The van der Waals surface area contributed by atoms with Gasteiger partial charge in [-0.15, -0.1) is 0 Å². The molecular formula is C11H16N2O3. The Kier molecular flexibility index (Phi) is 4.72. The normalized spacial score (nSPS) is 10.1. The van der Waals surface area contributed by atoms with Gasteiger partial charge in [-0.25, -0.2) is 0 Å². The van der Waals surface area contributed by atoms with E-state index in [9.17, 15) is 10.1 Å². The van der Waals surface area contributed by atoms with Gasteiger partial charge in [0.2, 0.25) is 0 Å². The van der Waals surface area contributed by atoms with Crippen molar-refractivity contribution in [3.05, 3.63) is 33.9 Å². The van der Waals surface area contributed by atoms with E-state index in [-0.39, 0.29) is 5.69 Å². The summed E-state index contributed by atoms with van der Waals surface area (Å²) in [6.07, 6.45) is 0.776. The highest BCUT2D eigenvalue weighted by molar-refractivity contribution is 5.48. The summed E-state index contributed by atoms with van der Waals surface area (Å²) >= 11 is 0. The molecule has 0 bridgehead atoms. The number of likely N-dealkylation sites (N-methyl/N-ethyl adjacent to an activating group) is 1. The molecule has 0 aliphatic heterocycles. The minimum atomic E-state index is -0.421. The van der Waals surface area contributed by atoms with Gasteiger partial charge < -0.3 is 10.1 Å². The lowest BCUT2D eigenvalue weighted by Gasteiger charge is -2.05. The molecule has 5 nitrogen and oxygen atoms in total. The first-order valence-corrected chi connectivity index (χ1v) is 5.21. The second-order valence-electron chi connectivity index (χ2n) is 3.37. The SMILES string of the molecule is CCNCCc1ccc(OC)c([N+](=O)[O-])c1. The van der Waals surface area contributed by atoms with Crippen LogP contribution in [0.2, 0.25) is 0 Å². The van der Waals surface area contributed by atoms with Gasteiger partial charge in [0.05, 0.1) is 12.0 Å². The zero-order valence-corrected chi connectivity index (χ0v) is 9.53. The number of methoxy groups -OCH3 is 1. The van der Waals surface area contributed by atoms with Crippen molar-refractivity contribution < 1.29 is 9.66 Å². The molecule has 1 N–H and O–H groups in total. The zero-order valence-electron chi connectivity index (χ0n) is 9.53. The van der Waals surface area contributed by atoms with Crippen LogP contribution in [-0.2, 0) is 6.42 Å². The molecule has 0 amide bonds. The first-order valence-electron chi connectivity index (χ1n) is 5.21. The molecule has 0 fully saturated rings. The topological polar surface area (TPSA) is 64.4 Å². The van der Waals surface area contributed by atoms with Crippen molar-refractivity contribution in [1.29, 1.82) is 0 Å². The molecule has 1 aromatic rings. The van der Waals surface area contributed by atoms with Crippen molar-refractivity contribution in [3.8, 4) is 5.75 Å². The van der Waals surface area contributed by atoms with Crippen molar-refractivity contribution in [1.82, 2.24) is 5.32 Å². The predicted octanol–water partition coefficient (Wildman–Crippen LogP) is 1.76. The predicted molar refractivity (Wildman–Crippen MR) is 61.9 cm³/mol. The number of nitrogens with zero attached hydrogens (tertiary/aromatic N) is 1. The number of nitro benzene ring substituents is 1. The van der Waals surface area contributed by atoms with Crippen molar-refractivity contribution in [2.24, 2.45) is 0 Å². The van der Waals surface area contributed by atoms with E-state index in [1.807, 2.05) is 13.0 Å². The van der Waals surface area contributed by atoms with E-state index in [1.165, 1.54) is 7.11 Å². The minimum Gasteiger partial charge on any atom is -0.490 e. The van der Waals surface area contributed by atoms with Gasteiger partial charge in [0.25, 0.3) is 0 Å². The van der Waals surface area contributed by atoms with Gasteiger partial charge in [-0.3, -0.25) is 10.1 Å². The largest absolute Gasteiger partial charge is 0.490 e. The molecular weight excluding hydrogens is 208 g/mol. The molecule has 0 aliphatic rings. The maximum Gasteiger partial charge on any atom is 0.311 e. The van der Waals surface area contributed by atoms with Crippen LogP contribution in [0.5, 0.6) is 5.75 Å². The monoisotopic (exact) mass is 224 g/mol. The van der Waals surface area contributed by atoms with Crippen molar-refractivity contribution in [2.75, 3.05) is 20.2 Å². The summed E-state index contributed by atoms with van der Waals surface area (Å²) in [5.74, 6) is 0.303. The van der Waals surface area contributed by atoms with Gasteiger partial charge >= 0.3 is 5.69 Å². The van der Waals surface area contributed by atoms with E-state index in [0.29, 0.717) is 5.75 Å². The maximum absolute atomic E-state index is 10.8. The fourth-order valence-electron chi connectivity index (χ4n) is 1.44. The Morgan fingerprint density at radius 1 is 1.50 bits per heavy atom. The molecule has 0 saturated heterocycles. The van der Waals surface area contributed by atoms with Gasteiger partial charge in [-0.1, -0.05) is 13.0 Å². The second-order valence-corrected chi connectivity index (χ2v) is 3.37. The number of nitrogens with one attached hydrogen (secondary N) is 1. The second kappa shape index (κ2) is 6.07. The van der Waals surface area contributed by atoms with Gasteiger partial charge in [-0.05, 0) is 31.1 Å². The lowest BCUT2D eigenvalue weighted by Crippen LogP contribution is -2.16. The van der Waals surface area contributed by atoms with Crippen molar-refractivity contribution in [3.63, 3.8) is 0 Å². The molecule has 0 radical (unpaired) electrons. The number of hydrogen-bond acceptors (Lipinski definition) is 4. The number of nitro groups is 1. The Bertz CT molecular complexity index is 366. The van der Waals surface area contributed by atoms with Gasteiger partial charge in [0.15, 0.2) is 5.75 Å². The average molecular weight is 224 g/mol. The smallest absolute Gasteiger partial charge is 0.311 e. The number of ether oxygens (including phenoxy) is 1. The highest BCUT2D eigenvalue weighted by Crippen LogP contribution is 2.27. The van der Waals surface area contributed by atoms with Crippen LogP contribution in [0.25, 0.3) is 0 Å². The van der Waals surface area contributed by atoms with E-state index < -0.39 is 4.92 Å². The molecule has 88 valence electrons. The third-order valence-electron chi connectivity index (χ3n) is 2.28. The molecule has 1 aromatic carbocycles. The Hall–Kier alpha value is -1.62. The maximum atomic E-state index is 10.8. The Balaban J connectivity index is 2.81. The van der Waals surface area contributed by atoms with E-state index >= 15 is 0 Å². The van der Waals surface area contributed by atoms with Crippen LogP contribution in [0.15, 0.2) is 18.2 Å². The van der Waals surface area contributed by atoms with Gasteiger partial charge in [-0.2, -0.15) is 0 Å². The summed E-state index contributed by atoms with van der Waals surface area (Å²) in [6, 6.07) is 5.05. The molecule has 0 aliphatic carbocycles. The molecule has 1 rings (SSSR count). The third-order valence-corrected chi connectivity index (χ3v) is 2.28. The van der Waals surface area contributed by atoms with E-state index in [0.717, 1.165) is 25.1 Å². The van der Waals surface area contributed by atoms with E-state index in [2.05, 4.69) is 5.32 Å². The van der Waals surface area contributed by atoms with Crippen LogP contribution in [-0.4, -0.2) is 25.1 Å². The van der Waals surface area contributed by atoms with Crippen LogP contribution in [0.3, 0.4) is 0 Å². The first kappa shape index (κ1) is 12.4. The van der Waals surface area contributed by atoms with Crippen molar-refractivity contribution >= 4 is 5.69 Å². The molecule has 0 saturated carbocycles. The Labute approximate surface area is 94.6 Å². The Morgan fingerprint density at radius 2 is 2.25 bits per heavy atom.